The van der Waals surface area contributed by atoms with Crippen molar-refractivity contribution in [1.29, 1.82) is 0 Å². The molecule has 8 heteroatoms. The van der Waals surface area contributed by atoms with E-state index in [4.69, 9.17) is 4.74 Å². The number of methoxy groups -OCH3 is 1. The number of nitrogens with zero attached hydrogens (tertiary/aromatic N) is 1. The van der Waals surface area contributed by atoms with Gasteiger partial charge in [-0.3, -0.25) is 9.10 Å². The Morgan fingerprint density at radius 1 is 1.10 bits per heavy atom. The van der Waals surface area contributed by atoms with Gasteiger partial charge in [-0.25, -0.2) is 12.8 Å². The van der Waals surface area contributed by atoms with Crippen LogP contribution < -0.4 is 14.4 Å². The number of carbonyl (C=O) groups is 1. The number of halogens is 1. The number of hydrogen-bond acceptors (Lipinski definition) is 4. The maximum absolute atomic E-state index is 13.3. The third-order valence-corrected chi connectivity index (χ3v) is 7.92. The summed E-state index contributed by atoms with van der Waals surface area (Å²) in [7, 11) is -2.55. The summed E-state index contributed by atoms with van der Waals surface area (Å²) in [5, 5.41) is 3.04. The van der Waals surface area contributed by atoms with Crippen LogP contribution in [-0.2, 0) is 14.8 Å². The van der Waals surface area contributed by atoms with Crippen LogP contribution in [0.2, 0.25) is 0 Å². The Balaban J connectivity index is 1.59. The van der Waals surface area contributed by atoms with Gasteiger partial charge in [0.15, 0.2) is 0 Å². The quantitative estimate of drug-likeness (QED) is 0.728. The van der Waals surface area contributed by atoms with Crippen LogP contribution in [0.1, 0.15) is 25.7 Å². The molecule has 2 fully saturated rings. The number of rotatable bonds is 7. The highest BCUT2D eigenvalue weighted by molar-refractivity contribution is 7.92. The van der Waals surface area contributed by atoms with Crippen LogP contribution in [0, 0.1) is 17.7 Å². The van der Waals surface area contributed by atoms with Crippen molar-refractivity contribution in [3.8, 4) is 5.75 Å². The molecule has 2 saturated carbocycles. The first-order valence-corrected chi connectivity index (χ1v) is 11.5. The Morgan fingerprint density at radius 3 is 2.37 bits per heavy atom. The molecule has 2 aromatic carbocycles. The zero-order valence-electron chi connectivity index (χ0n) is 16.8. The molecule has 0 radical (unpaired) electrons. The summed E-state index contributed by atoms with van der Waals surface area (Å²) in [4.78, 5) is 12.7. The van der Waals surface area contributed by atoms with E-state index in [9.17, 15) is 17.6 Å². The number of ether oxygens (including phenoxy) is 1. The van der Waals surface area contributed by atoms with Crippen LogP contribution in [-0.4, -0.2) is 34.0 Å². The topological polar surface area (TPSA) is 75.7 Å². The first kappa shape index (κ1) is 20.7. The van der Waals surface area contributed by atoms with E-state index in [1.165, 1.54) is 25.7 Å². The molecule has 0 unspecified atom stereocenters. The van der Waals surface area contributed by atoms with Gasteiger partial charge < -0.3 is 10.1 Å². The molecule has 2 aliphatic rings. The summed E-state index contributed by atoms with van der Waals surface area (Å²) < 4.78 is 46.1. The minimum Gasteiger partial charge on any atom is -0.497 e. The second-order valence-electron chi connectivity index (χ2n) is 8.01. The lowest BCUT2D eigenvalue weighted by Gasteiger charge is -2.27. The maximum Gasteiger partial charge on any atom is 0.264 e. The average molecular weight is 433 g/mol. The molecule has 1 N–H and O–H groups in total. The summed E-state index contributed by atoms with van der Waals surface area (Å²) in [5.41, 5.74) is 0.336. The molecule has 0 spiro atoms. The molecule has 30 heavy (non-hydrogen) atoms. The fourth-order valence-electron chi connectivity index (χ4n) is 4.60. The van der Waals surface area contributed by atoms with Gasteiger partial charge in [-0.15, -0.1) is 0 Å². The minimum atomic E-state index is -4.06. The lowest BCUT2D eigenvalue weighted by atomic mass is 9.95. The van der Waals surface area contributed by atoms with Crippen LogP contribution >= 0.6 is 0 Å². The number of carbonyl (C=O) groups excluding carboxylic acids is 1. The molecule has 6 nitrogen and oxygen atoms in total. The Labute approximate surface area is 176 Å². The molecule has 3 atom stereocenters. The lowest BCUT2D eigenvalue weighted by Crippen LogP contribution is -2.46. The summed E-state index contributed by atoms with van der Waals surface area (Å²) >= 11 is 0. The Kier molecular flexibility index (Phi) is 5.69. The summed E-state index contributed by atoms with van der Waals surface area (Å²) in [6.07, 6.45) is 4.43. The number of anilines is 1. The van der Waals surface area contributed by atoms with Crippen LogP contribution in [0.25, 0.3) is 0 Å². The maximum atomic E-state index is 13.3. The van der Waals surface area contributed by atoms with E-state index in [0.717, 1.165) is 35.7 Å². The van der Waals surface area contributed by atoms with E-state index in [-0.39, 0.29) is 23.4 Å². The molecule has 0 saturated heterocycles. The van der Waals surface area contributed by atoms with Gasteiger partial charge in [-0.05, 0) is 79.6 Å². The van der Waals surface area contributed by atoms with Gasteiger partial charge in [0.25, 0.3) is 10.0 Å². The van der Waals surface area contributed by atoms with Gasteiger partial charge in [0.1, 0.15) is 18.1 Å². The van der Waals surface area contributed by atoms with E-state index >= 15 is 0 Å². The molecule has 0 heterocycles. The number of sulfonamides is 1. The van der Waals surface area contributed by atoms with Gasteiger partial charge in [0, 0.05) is 6.04 Å². The molecule has 160 valence electrons. The monoisotopic (exact) mass is 432 g/mol. The molecule has 2 aromatic rings. The predicted octanol–water partition coefficient (Wildman–Crippen LogP) is 3.33. The second kappa shape index (κ2) is 8.26. The van der Waals surface area contributed by atoms with Crippen molar-refractivity contribution >= 4 is 21.6 Å². The van der Waals surface area contributed by atoms with E-state index in [2.05, 4.69) is 5.32 Å². The normalized spacial score (nSPS) is 22.7. The number of amides is 1. The zero-order chi connectivity index (χ0) is 21.3. The summed E-state index contributed by atoms with van der Waals surface area (Å²) in [5.74, 6) is 0.861. The number of hydrogen-bond donors (Lipinski definition) is 1. The third kappa shape index (κ3) is 4.14. The first-order valence-electron chi connectivity index (χ1n) is 10.1. The minimum absolute atomic E-state index is 0.0764. The van der Waals surface area contributed by atoms with Crippen molar-refractivity contribution in [3.05, 3.63) is 54.3 Å². The average Bonchev–Trinajstić information content (AvgIpc) is 3.35. The van der Waals surface area contributed by atoms with Gasteiger partial charge in [0.05, 0.1) is 17.7 Å². The van der Waals surface area contributed by atoms with Crippen molar-refractivity contribution in [2.45, 2.75) is 36.6 Å². The summed E-state index contributed by atoms with van der Waals surface area (Å²) in [6.45, 7) is -0.347. The standard InChI is InChI=1S/C22H25FN2O4S/c1-29-19-8-6-18(7-9-19)25(30(27,28)20-10-4-17(23)5-11-20)14-22(26)24-21-13-15-2-3-16(21)12-15/h4-11,15-16,21H,2-3,12-14H2,1H3,(H,24,26)/t15-,16+,21+/m0/s1. The van der Waals surface area contributed by atoms with E-state index in [1.54, 1.807) is 24.3 Å². The van der Waals surface area contributed by atoms with Gasteiger partial charge in [-0.1, -0.05) is 6.42 Å². The molecular formula is C22H25FN2O4S. The molecule has 2 bridgehead atoms. The van der Waals surface area contributed by atoms with E-state index in [0.29, 0.717) is 23.3 Å². The molecular weight excluding hydrogens is 407 g/mol. The number of fused-ring (bicyclic) bond motifs is 2. The molecule has 4 rings (SSSR count). The summed E-state index contributed by atoms with van der Waals surface area (Å²) in [6, 6.07) is 11.2. The van der Waals surface area contributed by atoms with Gasteiger partial charge in [-0.2, -0.15) is 0 Å². The second-order valence-corrected chi connectivity index (χ2v) is 9.87. The third-order valence-electron chi connectivity index (χ3n) is 6.13. The van der Waals surface area contributed by atoms with Crippen molar-refractivity contribution in [2.75, 3.05) is 18.0 Å². The highest BCUT2D eigenvalue weighted by Gasteiger charge is 2.40. The Morgan fingerprint density at radius 2 is 1.80 bits per heavy atom. The molecule has 2 aliphatic carbocycles. The molecule has 0 aromatic heterocycles. The molecule has 0 aliphatic heterocycles. The highest BCUT2D eigenvalue weighted by Crippen LogP contribution is 2.44. The highest BCUT2D eigenvalue weighted by atomic mass is 32.2. The van der Waals surface area contributed by atoms with Crippen molar-refractivity contribution in [2.24, 2.45) is 11.8 Å². The lowest BCUT2D eigenvalue weighted by molar-refractivity contribution is -0.120. The van der Waals surface area contributed by atoms with Crippen LogP contribution in [0.4, 0.5) is 10.1 Å². The SMILES string of the molecule is COc1ccc(N(CC(=O)N[C@@H]2C[C@H]3CC[C@@H]2C3)S(=O)(=O)c2ccc(F)cc2)cc1. The number of nitrogens with one attached hydrogen (secondary N) is 1. The number of benzene rings is 2. The van der Waals surface area contributed by atoms with Crippen LogP contribution in [0.5, 0.6) is 5.75 Å². The smallest absolute Gasteiger partial charge is 0.264 e. The fourth-order valence-corrected chi connectivity index (χ4v) is 6.02. The molecule has 1 amide bonds. The largest absolute Gasteiger partial charge is 0.497 e. The van der Waals surface area contributed by atoms with Gasteiger partial charge in [0.2, 0.25) is 5.91 Å². The predicted molar refractivity (Wildman–Crippen MR) is 111 cm³/mol. The van der Waals surface area contributed by atoms with Crippen molar-refractivity contribution < 1.29 is 22.3 Å². The van der Waals surface area contributed by atoms with E-state index < -0.39 is 15.8 Å². The first-order chi connectivity index (χ1) is 14.4. The Bertz CT molecular complexity index is 1010. The Hall–Kier alpha value is -2.61. The zero-order valence-corrected chi connectivity index (χ0v) is 17.6. The van der Waals surface area contributed by atoms with Crippen molar-refractivity contribution in [3.63, 3.8) is 0 Å². The van der Waals surface area contributed by atoms with E-state index in [1.807, 2.05) is 0 Å². The van der Waals surface area contributed by atoms with Gasteiger partial charge >= 0.3 is 0 Å². The van der Waals surface area contributed by atoms with Crippen molar-refractivity contribution in [1.82, 2.24) is 5.32 Å². The fraction of sp³-hybridized carbons (Fsp3) is 0.409. The van der Waals surface area contributed by atoms with Crippen LogP contribution in [0.15, 0.2) is 53.4 Å². The van der Waals surface area contributed by atoms with Crippen LogP contribution in [0.3, 0.4) is 0 Å².